The molecule has 1 N–H and O–H groups in total. The molecule has 1 aliphatic heterocycles. The zero-order valence-corrected chi connectivity index (χ0v) is 14.5. The first kappa shape index (κ1) is 15.9. The van der Waals surface area contributed by atoms with Gasteiger partial charge in [0, 0.05) is 17.1 Å². The van der Waals surface area contributed by atoms with Gasteiger partial charge < -0.3 is 10.2 Å². The van der Waals surface area contributed by atoms with E-state index in [9.17, 15) is 4.79 Å². The minimum Gasteiger partial charge on any atom is -0.361 e. The summed E-state index contributed by atoms with van der Waals surface area (Å²) in [5.41, 5.74) is 4.33. The molecule has 0 atom stereocenters. The first-order valence-electron chi connectivity index (χ1n) is 7.97. The molecular weight excluding hydrogens is 304 g/mol. The number of nitrogens with zero attached hydrogens (tertiary/aromatic N) is 1. The summed E-state index contributed by atoms with van der Waals surface area (Å²) in [5.74, 6) is 1.15. The third-order valence-electron chi connectivity index (χ3n) is 4.04. The molecule has 4 heteroatoms. The predicted octanol–water partition coefficient (Wildman–Crippen LogP) is 4.24. The first-order valence-corrected chi connectivity index (χ1v) is 8.96. The maximum absolute atomic E-state index is 12.5. The van der Waals surface area contributed by atoms with E-state index in [1.807, 2.05) is 43.8 Å². The van der Waals surface area contributed by atoms with Crippen LogP contribution in [0.5, 0.6) is 0 Å². The van der Waals surface area contributed by atoms with Gasteiger partial charge in [0.25, 0.3) is 0 Å². The number of amides is 1. The second-order valence-electron chi connectivity index (χ2n) is 5.96. The fraction of sp³-hybridized carbons (Fsp3) is 0.316. The summed E-state index contributed by atoms with van der Waals surface area (Å²) in [7, 11) is 0. The Morgan fingerprint density at radius 1 is 1.22 bits per heavy atom. The zero-order chi connectivity index (χ0) is 16.2. The Morgan fingerprint density at radius 2 is 2.04 bits per heavy atom. The monoisotopic (exact) mass is 326 g/mol. The van der Waals surface area contributed by atoms with Crippen LogP contribution >= 0.6 is 11.8 Å². The van der Waals surface area contributed by atoms with Crippen LogP contribution in [0.15, 0.2) is 47.4 Å². The van der Waals surface area contributed by atoms with E-state index in [1.165, 1.54) is 10.6 Å². The number of para-hydroxylation sites is 1. The van der Waals surface area contributed by atoms with Crippen molar-refractivity contribution < 1.29 is 4.79 Å². The SMILES string of the molecule is Cc1ccc(C)c(NC(=O)CN2CCCSc3ccccc32)c1. The highest BCUT2D eigenvalue weighted by molar-refractivity contribution is 7.99. The van der Waals surface area contributed by atoms with Crippen LogP contribution in [0.2, 0.25) is 0 Å². The second-order valence-corrected chi connectivity index (χ2v) is 7.09. The van der Waals surface area contributed by atoms with Crippen molar-refractivity contribution in [1.29, 1.82) is 0 Å². The number of thioether (sulfide) groups is 1. The second kappa shape index (κ2) is 7.09. The lowest BCUT2D eigenvalue weighted by Gasteiger charge is -2.24. The molecule has 0 unspecified atom stereocenters. The van der Waals surface area contributed by atoms with Crippen LogP contribution in [0, 0.1) is 13.8 Å². The molecule has 2 aromatic rings. The number of rotatable bonds is 3. The predicted molar refractivity (Wildman–Crippen MR) is 98.5 cm³/mol. The molecule has 0 saturated carbocycles. The van der Waals surface area contributed by atoms with Gasteiger partial charge in [-0.15, -0.1) is 11.8 Å². The summed E-state index contributed by atoms with van der Waals surface area (Å²) in [6.07, 6.45) is 1.09. The summed E-state index contributed by atoms with van der Waals surface area (Å²) < 4.78 is 0. The quantitative estimate of drug-likeness (QED) is 0.915. The molecule has 0 bridgehead atoms. The molecule has 1 heterocycles. The fourth-order valence-corrected chi connectivity index (χ4v) is 3.81. The van der Waals surface area contributed by atoms with Gasteiger partial charge in [-0.05, 0) is 55.3 Å². The number of hydrogen-bond acceptors (Lipinski definition) is 3. The van der Waals surface area contributed by atoms with Crippen molar-refractivity contribution in [3.05, 3.63) is 53.6 Å². The smallest absolute Gasteiger partial charge is 0.243 e. The minimum absolute atomic E-state index is 0.0420. The van der Waals surface area contributed by atoms with Gasteiger partial charge >= 0.3 is 0 Å². The van der Waals surface area contributed by atoms with Crippen LogP contribution in [0.1, 0.15) is 17.5 Å². The molecule has 1 aliphatic rings. The summed E-state index contributed by atoms with van der Waals surface area (Å²) in [5, 5.41) is 3.06. The maximum Gasteiger partial charge on any atom is 0.243 e. The lowest BCUT2D eigenvalue weighted by Crippen LogP contribution is -2.34. The van der Waals surface area contributed by atoms with Gasteiger partial charge in [0.05, 0.1) is 12.2 Å². The summed E-state index contributed by atoms with van der Waals surface area (Å²) in [6.45, 7) is 5.37. The van der Waals surface area contributed by atoms with E-state index in [-0.39, 0.29) is 5.91 Å². The van der Waals surface area contributed by atoms with Crippen molar-refractivity contribution in [3.8, 4) is 0 Å². The lowest BCUT2D eigenvalue weighted by atomic mass is 10.1. The number of carbonyl (C=O) groups excluding carboxylic acids is 1. The van der Waals surface area contributed by atoms with Crippen LogP contribution in [0.3, 0.4) is 0 Å². The molecule has 1 amide bonds. The van der Waals surface area contributed by atoms with Crippen LogP contribution in [-0.4, -0.2) is 24.7 Å². The molecule has 0 aliphatic carbocycles. The first-order chi connectivity index (χ1) is 11.1. The number of aryl methyl sites for hydroxylation is 2. The molecular formula is C19H22N2OS. The highest BCUT2D eigenvalue weighted by atomic mass is 32.2. The maximum atomic E-state index is 12.5. The topological polar surface area (TPSA) is 32.3 Å². The molecule has 0 saturated heterocycles. The van der Waals surface area contributed by atoms with E-state index in [2.05, 4.69) is 34.5 Å². The van der Waals surface area contributed by atoms with E-state index < -0.39 is 0 Å². The van der Waals surface area contributed by atoms with Crippen molar-refractivity contribution in [1.82, 2.24) is 0 Å². The van der Waals surface area contributed by atoms with Crippen LogP contribution in [0.25, 0.3) is 0 Å². The molecule has 0 aromatic heterocycles. The van der Waals surface area contributed by atoms with Gasteiger partial charge in [0.2, 0.25) is 5.91 Å². The van der Waals surface area contributed by atoms with Crippen LogP contribution in [0.4, 0.5) is 11.4 Å². The zero-order valence-electron chi connectivity index (χ0n) is 13.6. The van der Waals surface area contributed by atoms with Crippen molar-refractivity contribution in [2.45, 2.75) is 25.2 Å². The average molecular weight is 326 g/mol. The normalized spacial score (nSPS) is 14.1. The molecule has 0 radical (unpaired) electrons. The van der Waals surface area contributed by atoms with Crippen LogP contribution in [-0.2, 0) is 4.79 Å². The highest BCUT2D eigenvalue weighted by Crippen LogP contribution is 2.33. The van der Waals surface area contributed by atoms with Crippen molar-refractivity contribution in [2.75, 3.05) is 29.1 Å². The number of anilines is 2. The average Bonchev–Trinajstić information content (AvgIpc) is 2.74. The molecule has 3 rings (SSSR count). The van der Waals surface area contributed by atoms with E-state index in [0.29, 0.717) is 6.54 Å². The molecule has 3 nitrogen and oxygen atoms in total. The number of benzene rings is 2. The molecule has 120 valence electrons. The van der Waals surface area contributed by atoms with Gasteiger partial charge in [-0.3, -0.25) is 4.79 Å². The van der Waals surface area contributed by atoms with Gasteiger partial charge in [0.1, 0.15) is 0 Å². The molecule has 23 heavy (non-hydrogen) atoms. The minimum atomic E-state index is 0.0420. The van der Waals surface area contributed by atoms with E-state index in [4.69, 9.17) is 0 Å². The van der Waals surface area contributed by atoms with Crippen LogP contribution < -0.4 is 10.2 Å². The Bertz CT molecular complexity index is 714. The third kappa shape index (κ3) is 3.88. The van der Waals surface area contributed by atoms with E-state index in [1.54, 1.807) is 0 Å². The Morgan fingerprint density at radius 3 is 2.91 bits per heavy atom. The highest BCUT2D eigenvalue weighted by Gasteiger charge is 2.18. The Balaban J connectivity index is 1.74. The number of carbonyl (C=O) groups is 1. The van der Waals surface area contributed by atoms with Crippen molar-refractivity contribution in [3.63, 3.8) is 0 Å². The van der Waals surface area contributed by atoms with Gasteiger partial charge in [-0.25, -0.2) is 0 Å². The van der Waals surface area contributed by atoms with Gasteiger partial charge in [0.15, 0.2) is 0 Å². The van der Waals surface area contributed by atoms with Gasteiger partial charge in [-0.1, -0.05) is 24.3 Å². The molecule has 0 spiro atoms. The number of hydrogen-bond donors (Lipinski definition) is 1. The summed E-state index contributed by atoms with van der Waals surface area (Å²) in [4.78, 5) is 16.0. The Labute approximate surface area is 142 Å². The molecule has 2 aromatic carbocycles. The lowest BCUT2D eigenvalue weighted by molar-refractivity contribution is -0.115. The molecule has 0 fully saturated rings. The van der Waals surface area contributed by atoms with E-state index >= 15 is 0 Å². The third-order valence-corrected chi connectivity index (χ3v) is 5.19. The number of fused-ring (bicyclic) bond motifs is 1. The largest absolute Gasteiger partial charge is 0.361 e. The fourth-order valence-electron chi connectivity index (χ4n) is 2.80. The summed E-state index contributed by atoms with van der Waals surface area (Å²) >= 11 is 1.88. The Kier molecular flexibility index (Phi) is 4.91. The number of nitrogens with one attached hydrogen (secondary N) is 1. The summed E-state index contributed by atoms with van der Waals surface area (Å²) in [6, 6.07) is 14.5. The van der Waals surface area contributed by atoms with Crippen molar-refractivity contribution in [2.24, 2.45) is 0 Å². The van der Waals surface area contributed by atoms with E-state index in [0.717, 1.165) is 35.5 Å². The Hall–Kier alpha value is -1.94. The van der Waals surface area contributed by atoms with Gasteiger partial charge in [-0.2, -0.15) is 0 Å². The van der Waals surface area contributed by atoms with Crippen molar-refractivity contribution >= 4 is 29.0 Å². The standard InChI is InChI=1S/C19H22N2OS/c1-14-8-9-15(2)16(12-14)20-19(22)13-21-10-5-11-23-18-7-4-3-6-17(18)21/h3-4,6-9,12H,5,10-11,13H2,1-2H3,(H,20,22).